The van der Waals surface area contributed by atoms with Crippen LogP contribution in [0, 0.1) is 0 Å². The Labute approximate surface area is 127 Å². The van der Waals surface area contributed by atoms with E-state index in [1.54, 1.807) is 22.3 Å². The van der Waals surface area contributed by atoms with Crippen LogP contribution < -0.4 is 10.6 Å². The number of benzene rings is 1. The van der Waals surface area contributed by atoms with Crippen molar-refractivity contribution >= 4 is 28.6 Å². The minimum atomic E-state index is -0.0921. The fraction of sp³-hybridized carbons (Fsp3) is 0.312. The number of carbonyl (C=O) groups is 1. The number of thiophene rings is 1. The van der Waals surface area contributed by atoms with Crippen LogP contribution in [0.25, 0.3) is 0 Å². The fourth-order valence-electron chi connectivity index (χ4n) is 2.73. The van der Waals surface area contributed by atoms with E-state index < -0.39 is 0 Å². The Morgan fingerprint density at radius 2 is 2.14 bits per heavy atom. The normalized spacial score (nSPS) is 13.2. The highest BCUT2D eigenvalue weighted by Gasteiger charge is 2.24. The number of fused-ring (bicyclic) bond motifs is 1. The topological polar surface area (TPSA) is 66.6 Å². The van der Waals surface area contributed by atoms with Gasteiger partial charge in [0.05, 0.1) is 22.9 Å². The van der Waals surface area contributed by atoms with Gasteiger partial charge in [0.1, 0.15) is 0 Å². The number of aliphatic hydroxyl groups is 1. The SMILES string of the molecule is Nc1ccccc1N(CCO)C(=O)c1cc2c(s1)CCC2. The van der Waals surface area contributed by atoms with Crippen LogP contribution >= 0.6 is 11.3 Å². The molecule has 4 nitrogen and oxygen atoms in total. The van der Waals surface area contributed by atoms with E-state index in [0.29, 0.717) is 11.4 Å². The molecule has 3 rings (SSSR count). The summed E-state index contributed by atoms with van der Waals surface area (Å²) in [5.41, 5.74) is 8.47. The molecule has 0 atom stereocenters. The van der Waals surface area contributed by atoms with Crippen molar-refractivity contribution in [2.45, 2.75) is 19.3 Å². The Bertz CT molecular complexity index is 645. The Hall–Kier alpha value is -1.85. The van der Waals surface area contributed by atoms with Gasteiger partial charge in [-0.15, -0.1) is 11.3 Å². The first kappa shape index (κ1) is 14.1. The maximum absolute atomic E-state index is 12.8. The van der Waals surface area contributed by atoms with Crippen molar-refractivity contribution < 1.29 is 9.90 Å². The summed E-state index contributed by atoms with van der Waals surface area (Å²) in [6.07, 6.45) is 3.31. The number of carbonyl (C=O) groups excluding carboxylic acids is 1. The number of amides is 1. The van der Waals surface area contributed by atoms with E-state index in [1.807, 2.05) is 24.3 Å². The molecule has 1 aromatic heterocycles. The van der Waals surface area contributed by atoms with Crippen molar-refractivity contribution in [3.8, 4) is 0 Å². The Morgan fingerprint density at radius 3 is 2.86 bits per heavy atom. The lowest BCUT2D eigenvalue weighted by Gasteiger charge is -2.22. The minimum Gasteiger partial charge on any atom is -0.397 e. The van der Waals surface area contributed by atoms with Crippen LogP contribution in [-0.4, -0.2) is 24.2 Å². The quantitative estimate of drug-likeness (QED) is 0.853. The fourth-order valence-corrected chi connectivity index (χ4v) is 3.93. The van der Waals surface area contributed by atoms with Crippen molar-refractivity contribution in [2.75, 3.05) is 23.8 Å². The average Bonchev–Trinajstić information content (AvgIpc) is 3.06. The van der Waals surface area contributed by atoms with E-state index in [4.69, 9.17) is 5.73 Å². The lowest BCUT2D eigenvalue weighted by atomic mass is 10.2. The molecule has 0 spiro atoms. The summed E-state index contributed by atoms with van der Waals surface area (Å²) >= 11 is 1.57. The summed E-state index contributed by atoms with van der Waals surface area (Å²) in [5, 5.41) is 9.27. The van der Waals surface area contributed by atoms with Crippen LogP contribution in [-0.2, 0) is 12.8 Å². The smallest absolute Gasteiger partial charge is 0.268 e. The van der Waals surface area contributed by atoms with Crippen molar-refractivity contribution in [2.24, 2.45) is 0 Å². The second-order valence-electron chi connectivity index (χ2n) is 5.15. The summed E-state index contributed by atoms with van der Waals surface area (Å²) in [6.45, 7) is 0.154. The zero-order valence-corrected chi connectivity index (χ0v) is 12.5. The van der Waals surface area contributed by atoms with Crippen LogP contribution in [0.5, 0.6) is 0 Å². The van der Waals surface area contributed by atoms with Gasteiger partial charge in [-0.1, -0.05) is 12.1 Å². The van der Waals surface area contributed by atoms with Gasteiger partial charge in [-0.2, -0.15) is 0 Å². The molecular weight excluding hydrogens is 284 g/mol. The molecule has 5 heteroatoms. The Kier molecular flexibility index (Phi) is 3.94. The average molecular weight is 302 g/mol. The summed E-state index contributed by atoms with van der Waals surface area (Å²) in [6, 6.07) is 9.25. The van der Waals surface area contributed by atoms with Crippen molar-refractivity contribution in [3.05, 3.63) is 45.6 Å². The number of rotatable bonds is 4. The molecule has 21 heavy (non-hydrogen) atoms. The molecule has 0 unspecified atom stereocenters. The number of aryl methyl sites for hydroxylation is 2. The molecule has 0 saturated heterocycles. The van der Waals surface area contributed by atoms with Gasteiger partial charge < -0.3 is 15.7 Å². The number of nitrogen functional groups attached to an aromatic ring is 1. The van der Waals surface area contributed by atoms with E-state index in [9.17, 15) is 9.90 Å². The predicted molar refractivity (Wildman–Crippen MR) is 86.0 cm³/mol. The molecule has 0 saturated carbocycles. The zero-order chi connectivity index (χ0) is 14.8. The third-order valence-corrected chi connectivity index (χ3v) is 4.98. The number of anilines is 2. The van der Waals surface area contributed by atoms with Gasteiger partial charge in [0, 0.05) is 11.4 Å². The monoisotopic (exact) mass is 302 g/mol. The second-order valence-corrected chi connectivity index (χ2v) is 6.29. The number of para-hydroxylation sites is 2. The first-order chi connectivity index (χ1) is 10.2. The van der Waals surface area contributed by atoms with E-state index in [2.05, 4.69) is 0 Å². The largest absolute Gasteiger partial charge is 0.397 e. The molecule has 0 fully saturated rings. The molecule has 1 amide bonds. The highest BCUT2D eigenvalue weighted by molar-refractivity contribution is 7.14. The first-order valence-electron chi connectivity index (χ1n) is 7.09. The van der Waals surface area contributed by atoms with Crippen LogP contribution in [0.2, 0.25) is 0 Å². The van der Waals surface area contributed by atoms with Gasteiger partial charge in [-0.3, -0.25) is 4.79 Å². The molecule has 0 aliphatic heterocycles. The van der Waals surface area contributed by atoms with Gasteiger partial charge >= 0.3 is 0 Å². The molecule has 1 heterocycles. The second kappa shape index (κ2) is 5.87. The molecule has 0 radical (unpaired) electrons. The van der Waals surface area contributed by atoms with Crippen molar-refractivity contribution in [3.63, 3.8) is 0 Å². The summed E-state index contributed by atoms with van der Waals surface area (Å²) in [7, 11) is 0. The van der Waals surface area contributed by atoms with Crippen LogP contribution in [0.15, 0.2) is 30.3 Å². The predicted octanol–water partition coefficient (Wildman–Crippen LogP) is 2.46. The van der Waals surface area contributed by atoms with Gasteiger partial charge in [-0.05, 0) is 43.0 Å². The summed E-state index contributed by atoms with van der Waals surface area (Å²) in [4.78, 5) is 16.4. The number of aliphatic hydroxyl groups excluding tert-OH is 1. The van der Waals surface area contributed by atoms with Crippen molar-refractivity contribution in [1.82, 2.24) is 0 Å². The van der Waals surface area contributed by atoms with E-state index in [1.165, 1.54) is 16.9 Å². The molecule has 1 aromatic carbocycles. The van der Waals surface area contributed by atoms with E-state index >= 15 is 0 Å². The minimum absolute atomic E-state index is 0.0821. The number of hydrogen-bond donors (Lipinski definition) is 2. The molecule has 3 N–H and O–H groups in total. The highest BCUT2D eigenvalue weighted by Crippen LogP contribution is 2.32. The van der Waals surface area contributed by atoms with Crippen LogP contribution in [0.3, 0.4) is 0 Å². The zero-order valence-electron chi connectivity index (χ0n) is 11.7. The number of nitrogens with zero attached hydrogens (tertiary/aromatic N) is 1. The summed E-state index contributed by atoms with van der Waals surface area (Å²) < 4.78 is 0. The van der Waals surface area contributed by atoms with Crippen LogP contribution in [0.1, 0.15) is 26.5 Å². The number of nitrogens with two attached hydrogens (primary N) is 1. The lowest BCUT2D eigenvalue weighted by molar-refractivity contribution is 0.0985. The van der Waals surface area contributed by atoms with Gasteiger partial charge in [0.2, 0.25) is 0 Å². The maximum Gasteiger partial charge on any atom is 0.268 e. The standard InChI is InChI=1S/C16H18N2O2S/c17-12-5-1-2-6-13(12)18(8-9-19)16(20)15-10-11-4-3-7-14(11)21-15/h1-2,5-6,10,19H,3-4,7-9,17H2. The highest BCUT2D eigenvalue weighted by atomic mass is 32.1. The van der Waals surface area contributed by atoms with Gasteiger partial charge in [0.15, 0.2) is 0 Å². The Morgan fingerprint density at radius 1 is 1.33 bits per heavy atom. The molecule has 1 aliphatic rings. The molecule has 2 aromatic rings. The Balaban J connectivity index is 1.93. The molecule has 110 valence electrons. The third-order valence-electron chi connectivity index (χ3n) is 3.75. The number of hydrogen-bond acceptors (Lipinski definition) is 4. The lowest BCUT2D eigenvalue weighted by Crippen LogP contribution is -2.33. The van der Waals surface area contributed by atoms with E-state index in [-0.39, 0.29) is 19.1 Å². The maximum atomic E-state index is 12.8. The molecule has 0 bridgehead atoms. The molecule has 1 aliphatic carbocycles. The van der Waals surface area contributed by atoms with E-state index in [0.717, 1.165) is 17.7 Å². The van der Waals surface area contributed by atoms with Crippen molar-refractivity contribution in [1.29, 1.82) is 0 Å². The van der Waals surface area contributed by atoms with Crippen LogP contribution in [0.4, 0.5) is 11.4 Å². The third kappa shape index (κ3) is 2.66. The van der Waals surface area contributed by atoms with Gasteiger partial charge in [-0.25, -0.2) is 0 Å². The molecular formula is C16H18N2O2S. The first-order valence-corrected chi connectivity index (χ1v) is 7.91. The van der Waals surface area contributed by atoms with Gasteiger partial charge in [0.25, 0.3) is 5.91 Å². The summed E-state index contributed by atoms with van der Waals surface area (Å²) in [5.74, 6) is -0.0821.